The van der Waals surface area contributed by atoms with Crippen LogP contribution in [0.25, 0.3) is 12.2 Å². The number of aromatic nitrogens is 2. The van der Waals surface area contributed by atoms with E-state index in [0.717, 1.165) is 5.56 Å². The molecule has 0 spiro atoms. The van der Waals surface area contributed by atoms with Crippen LogP contribution in [0.15, 0.2) is 30.3 Å². The van der Waals surface area contributed by atoms with Crippen LogP contribution in [-0.4, -0.2) is 50.1 Å². The van der Waals surface area contributed by atoms with E-state index in [1.807, 2.05) is 36.4 Å². The van der Waals surface area contributed by atoms with E-state index in [2.05, 4.69) is 15.3 Å². The van der Waals surface area contributed by atoms with Crippen LogP contribution in [0.4, 0.5) is 11.8 Å². The fraction of sp³-hybridized carbons (Fsp3) is 0.333. The van der Waals surface area contributed by atoms with E-state index in [1.54, 1.807) is 6.08 Å². The van der Waals surface area contributed by atoms with Gasteiger partial charge in [-0.15, -0.1) is 0 Å². The molecule has 1 heterocycles. The van der Waals surface area contributed by atoms with Crippen molar-refractivity contribution in [2.75, 3.05) is 17.7 Å². The molecule has 1 aliphatic rings. The summed E-state index contributed by atoms with van der Waals surface area (Å²) in [5.41, 5.74) is 7.20. The zero-order valence-corrected chi connectivity index (χ0v) is 14.7. The van der Waals surface area contributed by atoms with Crippen molar-refractivity contribution < 1.29 is 15.3 Å². The summed E-state index contributed by atoms with van der Waals surface area (Å²) >= 11 is 6.23. The summed E-state index contributed by atoms with van der Waals surface area (Å²) in [6.07, 6.45) is 1.98. The molecule has 8 heteroatoms. The molecule has 0 saturated heterocycles. The van der Waals surface area contributed by atoms with Crippen LogP contribution in [0.5, 0.6) is 0 Å². The molecule has 0 amide bonds. The highest BCUT2D eigenvalue weighted by Gasteiger charge is 2.41. The monoisotopic (exact) mass is 376 g/mol. The van der Waals surface area contributed by atoms with Gasteiger partial charge in [0.2, 0.25) is 5.95 Å². The van der Waals surface area contributed by atoms with E-state index < -0.39 is 24.2 Å². The van der Waals surface area contributed by atoms with Gasteiger partial charge in [0.25, 0.3) is 0 Å². The summed E-state index contributed by atoms with van der Waals surface area (Å²) in [7, 11) is 0. The molecule has 0 bridgehead atoms. The summed E-state index contributed by atoms with van der Waals surface area (Å²) in [5, 5.41) is 32.8. The van der Waals surface area contributed by atoms with Crippen LogP contribution in [0.1, 0.15) is 17.5 Å². The van der Waals surface area contributed by atoms with Crippen LogP contribution in [0.2, 0.25) is 5.15 Å². The molecule has 7 nitrogen and oxygen atoms in total. The molecule has 0 unspecified atom stereocenters. The highest BCUT2D eigenvalue weighted by Crippen LogP contribution is 2.31. The number of hydrogen-bond acceptors (Lipinski definition) is 7. The Labute approximate surface area is 156 Å². The maximum absolute atomic E-state index is 10.2. The number of nitrogen functional groups attached to an aromatic ring is 1. The quantitative estimate of drug-likeness (QED) is 0.499. The normalized spacial score (nSPS) is 25.7. The predicted molar refractivity (Wildman–Crippen MR) is 101 cm³/mol. The lowest BCUT2D eigenvalue weighted by molar-refractivity contribution is 0.00445. The Bertz CT molecular complexity index is 788. The molecule has 3 rings (SSSR count). The van der Waals surface area contributed by atoms with E-state index in [9.17, 15) is 15.3 Å². The van der Waals surface area contributed by atoms with Gasteiger partial charge in [-0.25, -0.2) is 4.98 Å². The molecule has 26 heavy (non-hydrogen) atoms. The number of rotatable bonds is 5. The third-order valence-electron chi connectivity index (χ3n) is 4.52. The number of nitrogens with zero attached hydrogens (tertiary/aromatic N) is 2. The van der Waals surface area contributed by atoms with Crippen molar-refractivity contribution in [3.05, 3.63) is 46.6 Å². The van der Waals surface area contributed by atoms with Crippen molar-refractivity contribution >= 4 is 35.5 Å². The third-order valence-corrected chi connectivity index (χ3v) is 4.81. The van der Waals surface area contributed by atoms with E-state index >= 15 is 0 Å². The number of benzene rings is 1. The van der Waals surface area contributed by atoms with Crippen LogP contribution >= 0.6 is 11.6 Å². The van der Waals surface area contributed by atoms with Gasteiger partial charge in [0.1, 0.15) is 17.1 Å². The Hall–Kier alpha value is -2.19. The molecule has 1 fully saturated rings. The average Bonchev–Trinajstić information content (AvgIpc) is 2.89. The Kier molecular flexibility index (Phi) is 5.73. The molecule has 0 radical (unpaired) electrons. The van der Waals surface area contributed by atoms with Gasteiger partial charge in [-0.05, 0) is 18.1 Å². The molecular formula is C18H21ClN4O3. The first kappa shape index (κ1) is 18.6. The molecule has 6 N–H and O–H groups in total. The van der Waals surface area contributed by atoms with E-state index in [4.69, 9.17) is 17.3 Å². The van der Waals surface area contributed by atoms with Crippen LogP contribution < -0.4 is 11.1 Å². The second kappa shape index (κ2) is 8.01. The molecule has 2 aromatic rings. The van der Waals surface area contributed by atoms with Gasteiger partial charge in [0.05, 0.1) is 17.7 Å². The lowest BCUT2D eigenvalue weighted by Crippen LogP contribution is -2.35. The lowest BCUT2D eigenvalue weighted by Gasteiger charge is -2.20. The van der Waals surface area contributed by atoms with Crippen molar-refractivity contribution in [1.82, 2.24) is 9.97 Å². The largest absolute Gasteiger partial charge is 0.396 e. The highest BCUT2D eigenvalue weighted by molar-refractivity contribution is 6.31. The van der Waals surface area contributed by atoms with E-state index in [1.165, 1.54) is 0 Å². The minimum absolute atomic E-state index is 0.00102. The number of halogens is 1. The van der Waals surface area contributed by atoms with Gasteiger partial charge >= 0.3 is 0 Å². The van der Waals surface area contributed by atoms with Gasteiger partial charge in [-0.3, -0.25) is 0 Å². The first-order valence-electron chi connectivity index (χ1n) is 8.29. The van der Waals surface area contributed by atoms with Gasteiger partial charge in [0.15, 0.2) is 0 Å². The molecule has 0 aliphatic heterocycles. The minimum atomic E-state index is -1.03. The van der Waals surface area contributed by atoms with Crippen LogP contribution in [0.3, 0.4) is 0 Å². The number of hydrogen-bond donors (Lipinski definition) is 5. The summed E-state index contributed by atoms with van der Waals surface area (Å²) in [6, 6.07) is 9.16. The summed E-state index contributed by atoms with van der Waals surface area (Å²) in [4.78, 5) is 8.16. The molecular weight excluding hydrogens is 356 g/mol. The SMILES string of the molecule is Nc1nc(Cl)c(/C=C/c2ccccc2)c(N[C@@H]2C[C@H](CO)[C@@H](O)[C@H]2O)n1. The van der Waals surface area contributed by atoms with Crippen molar-refractivity contribution in [1.29, 1.82) is 0 Å². The highest BCUT2D eigenvalue weighted by atomic mass is 35.5. The summed E-state index contributed by atoms with van der Waals surface area (Å²) < 4.78 is 0. The summed E-state index contributed by atoms with van der Waals surface area (Å²) in [5.74, 6) is -0.0360. The molecule has 1 aliphatic carbocycles. The first-order valence-corrected chi connectivity index (χ1v) is 8.67. The van der Waals surface area contributed by atoms with Gasteiger partial charge in [0, 0.05) is 12.5 Å². The smallest absolute Gasteiger partial charge is 0.223 e. The first-order chi connectivity index (χ1) is 12.5. The van der Waals surface area contributed by atoms with Crippen LogP contribution in [-0.2, 0) is 0 Å². The second-order valence-corrected chi connectivity index (χ2v) is 6.65. The number of aliphatic hydroxyl groups excluding tert-OH is 3. The van der Waals surface area contributed by atoms with Crippen molar-refractivity contribution in [2.24, 2.45) is 5.92 Å². The second-order valence-electron chi connectivity index (χ2n) is 6.29. The molecule has 4 atom stereocenters. The Morgan fingerprint density at radius 1 is 1.15 bits per heavy atom. The molecule has 138 valence electrons. The van der Waals surface area contributed by atoms with E-state index in [0.29, 0.717) is 17.8 Å². The van der Waals surface area contributed by atoms with Crippen molar-refractivity contribution in [3.8, 4) is 0 Å². The molecule has 1 aromatic carbocycles. The fourth-order valence-electron chi connectivity index (χ4n) is 3.08. The Morgan fingerprint density at radius 2 is 1.88 bits per heavy atom. The fourth-order valence-corrected chi connectivity index (χ4v) is 3.32. The summed E-state index contributed by atoms with van der Waals surface area (Å²) in [6.45, 7) is -0.205. The maximum Gasteiger partial charge on any atom is 0.223 e. The van der Waals surface area contributed by atoms with Crippen molar-refractivity contribution in [3.63, 3.8) is 0 Å². The minimum Gasteiger partial charge on any atom is -0.396 e. The van der Waals surface area contributed by atoms with Gasteiger partial charge in [-0.1, -0.05) is 48.0 Å². The number of nitrogens with two attached hydrogens (primary N) is 1. The lowest BCUT2D eigenvalue weighted by atomic mass is 10.1. The van der Waals surface area contributed by atoms with E-state index in [-0.39, 0.29) is 17.7 Å². The standard InChI is InChI=1S/C18H21ClN4O3/c19-16-12(7-6-10-4-2-1-3-5-10)17(23-18(20)22-16)21-13-8-11(9-24)14(25)15(13)26/h1-7,11,13-15,24-26H,8-9H2,(H3,20,21,22,23)/b7-6+/t11-,13-,14-,15+/m1/s1. The number of aliphatic hydroxyl groups is 3. The van der Waals surface area contributed by atoms with Crippen molar-refractivity contribution in [2.45, 2.75) is 24.7 Å². The predicted octanol–water partition coefficient (Wildman–Crippen LogP) is 1.40. The molecule has 1 saturated carbocycles. The van der Waals surface area contributed by atoms with Gasteiger partial charge < -0.3 is 26.4 Å². The number of nitrogens with one attached hydrogen (secondary N) is 1. The number of anilines is 2. The Morgan fingerprint density at radius 3 is 2.54 bits per heavy atom. The van der Waals surface area contributed by atoms with Crippen LogP contribution in [0, 0.1) is 5.92 Å². The topological polar surface area (TPSA) is 125 Å². The van der Waals surface area contributed by atoms with Gasteiger partial charge in [-0.2, -0.15) is 4.98 Å². The average molecular weight is 377 g/mol. The third kappa shape index (κ3) is 3.96. The Balaban J connectivity index is 1.88. The zero-order valence-electron chi connectivity index (χ0n) is 14.0. The zero-order chi connectivity index (χ0) is 18.7. The maximum atomic E-state index is 10.2. The molecule has 1 aromatic heterocycles.